The monoisotopic (exact) mass is 280 g/mol. The van der Waals surface area contributed by atoms with Gasteiger partial charge in [0.05, 0.1) is 17.6 Å². The second kappa shape index (κ2) is 6.53. The number of nitrogens with zero attached hydrogens (tertiary/aromatic N) is 1. The molecule has 0 bridgehead atoms. The molecular weight excluding hydrogens is 260 g/mol. The van der Waals surface area contributed by atoms with Gasteiger partial charge in [-0.15, -0.1) is 0 Å². The van der Waals surface area contributed by atoms with Crippen molar-refractivity contribution < 1.29 is 4.79 Å². The summed E-state index contributed by atoms with van der Waals surface area (Å²) in [5.74, 6) is 0.316. The molecule has 1 fully saturated rings. The van der Waals surface area contributed by atoms with Gasteiger partial charge in [-0.3, -0.25) is 9.78 Å². The summed E-state index contributed by atoms with van der Waals surface area (Å²) in [6.07, 6.45) is 7.37. The lowest BCUT2D eigenvalue weighted by Gasteiger charge is -2.20. The summed E-state index contributed by atoms with van der Waals surface area (Å²) < 4.78 is 0. The third-order valence-corrected chi connectivity index (χ3v) is 4.08. The van der Waals surface area contributed by atoms with Crippen molar-refractivity contribution in [3.05, 3.63) is 48.7 Å². The number of carbonyl (C=O) groups excluding carboxylic acids is 1. The first-order valence-corrected chi connectivity index (χ1v) is 7.65. The van der Waals surface area contributed by atoms with Gasteiger partial charge < -0.3 is 5.32 Å². The highest BCUT2D eigenvalue weighted by Gasteiger charge is 2.20. The minimum Gasteiger partial charge on any atom is -0.324 e. The second-order valence-electron chi connectivity index (χ2n) is 5.62. The van der Waals surface area contributed by atoms with Gasteiger partial charge in [-0.25, -0.2) is 0 Å². The number of rotatable bonds is 3. The number of anilines is 1. The minimum absolute atomic E-state index is 0.143. The van der Waals surface area contributed by atoms with Crippen LogP contribution in [0.3, 0.4) is 0 Å². The molecule has 0 radical (unpaired) electrons. The first kappa shape index (κ1) is 13.8. The topological polar surface area (TPSA) is 42.0 Å². The quantitative estimate of drug-likeness (QED) is 0.912. The van der Waals surface area contributed by atoms with Crippen molar-refractivity contribution in [3.63, 3.8) is 0 Å². The molecule has 0 aliphatic heterocycles. The molecule has 1 amide bonds. The summed E-state index contributed by atoms with van der Waals surface area (Å²) >= 11 is 0. The van der Waals surface area contributed by atoms with E-state index in [-0.39, 0.29) is 11.8 Å². The van der Waals surface area contributed by atoms with E-state index < -0.39 is 0 Å². The average molecular weight is 280 g/mol. The maximum atomic E-state index is 12.2. The van der Waals surface area contributed by atoms with E-state index in [1.165, 1.54) is 19.3 Å². The van der Waals surface area contributed by atoms with Crippen molar-refractivity contribution in [2.75, 3.05) is 5.32 Å². The number of aromatic nitrogens is 1. The smallest absolute Gasteiger partial charge is 0.227 e. The van der Waals surface area contributed by atoms with Crippen LogP contribution in [0.15, 0.2) is 48.7 Å². The fourth-order valence-corrected chi connectivity index (χ4v) is 2.86. The Labute approximate surface area is 125 Å². The fraction of sp³-hybridized carbons (Fsp3) is 0.333. The highest BCUT2D eigenvalue weighted by molar-refractivity contribution is 5.92. The SMILES string of the molecule is O=C(Nc1ccc(-c2ccccc2)nc1)C1CCCCC1. The molecule has 21 heavy (non-hydrogen) atoms. The molecule has 1 saturated carbocycles. The molecule has 0 spiro atoms. The van der Waals surface area contributed by atoms with E-state index >= 15 is 0 Å². The predicted molar refractivity (Wildman–Crippen MR) is 84.9 cm³/mol. The molecule has 1 aromatic heterocycles. The third kappa shape index (κ3) is 3.48. The third-order valence-electron chi connectivity index (χ3n) is 4.08. The Bertz CT molecular complexity index is 586. The fourth-order valence-electron chi connectivity index (χ4n) is 2.86. The van der Waals surface area contributed by atoms with Gasteiger partial charge in [0.25, 0.3) is 0 Å². The number of benzene rings is 1. The van der Waals surface area contributed by atoms with Gasteiger partial charge in [0.15, 0.2) is 0 Å². The molecule has 3 heteroatoms. The average Bonchev–Trinajstić information content (AvgIpc) is 2.57. The van der Waals surface area contributed by atoms with E-state index in [0.717, 1.165) is 29.8 Å². The van der Waals surface area contributed by atoms with Gasteiger partial charge >= 0.3 is 0 Å². The molecule has 2 aromatic rings. The normalized spacial score (nSPS) is 15.6. The van der Waals surface area contributed by atoms with E-state index in [9.17, 15) is 4.79 Å². The van der Waals surface area contributed by atoms with Crippen LogP contribution < -0.4 is 5.32 Å². The Balaban J connectivity index is 1.65. The van der Waals surface area contributed by atoms with E-state index in [1.807, 2.05) is 42.5 Å². The van der Waals surface area contributed by atoms with E-state index in [4.69, 9.17) is 0 Å². The zero-order chi connectivity index (χ0) is 14.5. The van der Waals surface area contributed by atoms with Crippen LogP contribution in [-0.2, 0) is 4.79 Å². The van der Waals surface area contributed by atoms with Crippen molar-refractivity contribution in [1.29, 1.82) is 0 Å². The van der Waals surface area contributed by atoms with Crippen molar-refractivity contribution in [3.8, 4) is 11.3 Å². The van der Waals surface area contributed by atoms with Crippen molar-refractivity contribution in [1.82, 2.24) is 4.98 Å². The van der Waals surface area contributed by atoms with Crippen molar-refractivity contribution in [2.24, 2.45) is 5.92 Å². The summed E-state index contributed by atoms with van der Waals surface area (Å²) in [4.78, 5) is 16.6. The first-order chi connectivity index (χ1) is 10.3. The van der Waals surface area contributed by atoms with Crippen LogP contribution in [-0.4, -0.2) is 10.9 Å². The van der Waals surface area contributed by atoms with Crippen LogP contribution in [0.5, 0.6) is 0 Å². The van der Waals surface area contributed by atoms with Gasteiger partial charge in [-0.1, -0.05) is 49.6 Å². The zero-order valence-corrected chi connectivity index (χ0v) is 12.1. The van der Waals surface area contributed by atoms with Gasteiger partial charge in [-0.05, 0) is 25.0 Å². The summed E-state index contributed by atoms with van der Waals surface area (Å²) in [7, 11) is 0. The molecular formula is C18H20N2O. The van der Waals surface area contributed by atoms with Crippen molar-refractivity contribution in [2.45, 2.75) is 32.1 Å². The van der Waals surface area contributed by atoms with Crippen LogP contribution in [0.2, 0.25) is 0 Å². The lowest BCUT2D eigenvalue weighted by Crippen LogP contribution is -2.24. The Morgan fingerprint density at radius 1 is 1.00 bits per heavy atom. The Morgan fingerprint density at radius 3 is 2.43 bits per heavy atom. The number of nitrogens with one attached hydrogen (secondary N) is 1. The number of carbonyl (C=O) groups is 1. The van der Waals surface area contributed by atoms with Gasteiger partial charge in [0.2, 0.25) is 5.91 Å². The van der Waals surface area contributed by atoms with Gasteiger partial charge in [-0.2, -0.15) is 0 Å². The summed E-state index contributed by atoms with van der Waals surface area (Å²) in [6, 6.07) is 13.9. The molecule has 3 nitrogen and oxygen atoms in total. The molecule has 1 aromatic carbocycles. The molecule has 0 unspecified atom stereocenters. The summed E-state index contributed by atoms with van der Waals surface area (Å²) in [6.45, 7) is 0. The predicted octanol–water partition coefficient (Wildman–Crippen LogP) is 4.27. The summed E-state index contributed by atoms with van der Waals surface area (Å²) in [5.41, 5.74) is 2.79. The van der Waals surface area contributed by atoms with Crippen molar-refractivity contribution >= 4 is 11.6 Å². The zero-order valence-electron chi connectivity index (χ0n) is 12.1. The van der Waals surface area contributed by atoms with Gasteiger partial charge in [0.1, 0.15) is 0 Å². The number of amides is 1. The minimum atomic E-state index is 0.143. The standard InChI is InChI=1S/C18H20N2O/c21-18(15-9-5-2-6-10-15)20-16-11-12-17(19-13-16)14-7-3-1-4-8-14/h1,3-4,7-8,11-13,15H,2,5-6,9-10H2,(H,20,21). The Hall–Kier alpha value is -2.16. The van der Waals surface area contributed by atoms with Crippen LogP contribution in [0.1, 0.15) is 32.1 Å². The summed E-state index contributed by atoms with van der Waals surface area (Å²) in [5, 5.41) is 2.99. The molecule has 1 heterocycles. The molecule has 0 saturated heterocycles. The van der Waals surface area contributed by atoms with Crippen LogP contribution >= 0.6 is 0 Å². The van der Waals surface area contributed by atoms with Crippen LogP contribution in [0, 0.1) is 5.92 Å². The number of pyridine rings is 1. The van der Waals surface area contributed by atoms with Crippen LogP contribution in [0.25, 0.3) is 11.3 Å². The lowest BCUT2D eigenvalue weighted by molar-refractivity contribution is -0.120. The maximum Gasteiger partial charge on any atom is 0.227 e. The Kier molecular flexibility index (Phi) is 4.29. The highest BCUT2D eigenvalue weighted by Crippen LogP contribution is 2.25. The highest BCUT2D eigenvalue weighted by atomic mass is 16.1. The molecule has 1 aliphatic rings. The molecule has 1 aliphatic carbocycles. The molecule has 108 valence electrons. The number of hydrogen-bond donors (Lipinski definition) is 1. The maximum absolute atomic E-state index is 12.2. The number of hydrogen-bond acceptors (Lipinski definition) is 2. The van der Waals surface area contributed by atoms with Gasteiger partial charge in [0, 0.05) is 11.5 Å². The van der Waals surface area contributed by atoms with E-state index in [2.05, 4.69) is 10.3 Å². The second-order valence-corrected chi connectivity index (χ2v) is 5.62. The first-order valence-electron chi connectivity index (χ1n) is 7.65. The largest absolute Gasteiger partial charge is 0.324 e. The van der Waals surface area contributed by atoms with Crippen LogP contribution in [0.4, 0.5) is 5.69 Å². The Morgan fingerprint density at radius 2 is 1.76 bits per heavy atom. The lowest BCUT2D eigenvalue weighted by atomic mass is 9.88. The van der Waals surface area contributed by atoms with E-state index in [1.54, 1.807) is 6.20 Å². The molecule has 1 N–H and O–H groups in total. The molecule has 0 atom stereocenters. The molecule has 3 rings (SSSR count). The van der Waals surface area contributed by atoms with E-state index in [0.29, 0.717) is 0 Å².